The molecule has 3 fully saturated rings. The van der Waals surface area contributed by atoms with Crippen LogP contribution in [0, 0.1) is 0 Å². The minimum absolute atomic E-state index is 0.0973. The molecule has 1 aromatic heterocycles. The van der Waals surface area contributed by atoms with Crippen molar-refractivity contribution in [1.82, 2.24) is 14.7 Å². The van der Waals surface area contributed by atoms with Gasteiger partial charge in [-0.3, -0.25) is 9.58 Å². The maximum atomic E-state index is 14.6. The van der Waals surface area contributed by atoms with E-state index in [0.29, 0.717) is 37.4 Å². The van der Waals surface area contributed by atoms with E-state index in [4.69, 9.17) is 16.3 Å². The standard InChI is InChI=1S/C33H39ClF3N5O2/c1-2-44-32(43)28-20-38-42(30(28)31(35)36)26-5-3-14-41(21-26)29-19-24(34)8-11-27(29)23-6-9-25(10-7-23)40-17-15-39(16-18-40)22-33(37)12-4-13-33/h6-11,19-20,26,31H,2-5,12-18,21-22H2,1H3. The molecule has 11 heteroatoms. The number of carbonyl (C=O) groups is 1. The van der Waals surface area contributed by atoms with Gasteiger partial charge in [-0.25, -0.2) is 18.0 Å². The van der Waals surface area contributed by atoms with Crippen molar-refractivity contribution in [3.63, 3.8) is 0 Å². The van der Waals surface area contributed by atoms with Gasteiger partial charge in [0.25, 0.3) is 6.43 Å². The van der Waals surface area contributed by atoms with Gasteiger partial charge in [-0.1, -0.05) is 29.8 Å². The average Bonchev–Trinajstić information content (AvgIpc) is 3.47. The number of aromatic nitrogens is 2. The topological polar surface area (TPSA) is 53.8 Å². The molecule has 1 aliphatic carbocycles. The van der Waals surface area contributed by atoms with Crippen LogP contribution < -0.4 is 9.80 Å². The molecule has 1 unspecified atom stereocenters. The fourth-order valence-electron chi connectivity index (χ4n) is 6.77. The molecule has 0 bridgehead atoms. The Labute approximate surface area is 261 Å². The number of alkyl halides is 3. The molecule has 3 aliphatic rings. The van der Waals surface area contributed by atoms with Gasteiger partial charge >= 0.3 is 5.97 Å². The summed E-state index contributed by atoms with van der Waals surface area (Å²) in [6, 6.07) is 13.9. The first-order chi connectivity index (χ1) is 21.2. The Morgan fingerprint density at radius 2 is 1.80 bits per heavy atom. The Hall–Kier alpha value is -3.24. The van der Waals surface area contributed by atoms with Crippen molar-refractivity contribution in [3.8, 4) is 11.1 Å². The Morgan fingerprint density at radius 1 is 1.05 bits per heavy atom. The monoisotopic (exact) mass is 629 g/mol. The van der Waals surface area contributed by atoms with Gasteiger partial charge < -0.3 is 14.5 Å². The van der Waals surface area contributed by atoms with Crippen molar-refractivity contribution < 1.29 is 22.7 Å². The highest BCUT2D eigenvalue weighted by molar-refractivity contribution is 6.31. The lowest BCUT2D eigenvalue weighted by molar-refractivity contribution is 0.0191. The van der Waals surface area contributed by atoms with Crippen molar-refractivity contribution in [1.29, 1.82) is 0 Å². The van der Waals surface area contributed by atoms with E-state index in [-0.39, 0.29) is 18.2 Å². The van der Waals surface area contributed by atoms with Crippen molar-refractivity contribution in [2.75, 3.05) is 62.2 Å². The summed E-state index contributed by atoms with van der Waals surface area (Å²) in [7, 11) is 0. The number of piperazine rings is 1. The first kappa shape index (κ1) is 30.8. The van der Waals surface area contributed by atoms with E-state index in [2.05, 4.69) is 44.1 Å². The van der Waals surface area contributed by atoms with Crippen molar-refractivity contribution in [2.24, 2.45) is 0 Å². The lowest BCUT2D eigenvalue weighted by atomic mass is 9.81. The van der Waals surface area contributed by atoms with Gasteiger partial charge in [0.05, 0.1) is 18.8 Å². The number of halogens is 4. The molecule has 1 atom stereocenters. The lowest BCUT2D eigenvalue weighted by Crippen LogP contribution is -2.52. The third-order valence-corrected chi connectivity index (χ3v) is 9.49. The molecule has 44 heavy (non-hydrogen) atoms. The minimum atomic E-state index is -2.86. The fraction of sp³-hybridized carbons (Fsp3) is 0.515. The molecule has 6 rings (SSSR count). The molecule has 0 N–H and O–H groups in total. The van der Waals surface area contributed by atoms with Gasteiger partial charge in [-0.05, 0) is 68.9 Å². The second kappa shape index (κ2) is 13.0. The predicted molar refractivity (Wildman–Crippen MR) is 167 cm³/mol. The zero-order valence-corrected chi connectivity index (χ0v) is 25.8. The number of hydrogen-bond donors (Lipinski definition) is 0. The highest BCUT2D eigenvalue weighted by atomic mass is 35.5. The molecule has 0 radical (unpaired) electrons. The third-order valence-electron chi connectivity index (χ3n) is 9.25. The summed E-state index contributed by atoms with van der Waals surface area (Å²) < 4.78 is 49.3. The summed E-state index contributed by atoms with van der Waals surface area (Å²) in [6.45, 7) is 6.91. The van der Waals surface area contributed by atoms with E-state index in [9.17, 15) is 18.0 Å². The van der Waals surface area contributed by atoms with Crippen LogP contribution in [0.25, 0.3) is 11.1 Å². The van der Waals surface area contributed by atoms with Crippen molar-refractivity contribution >= 4 is 28.9 Å². The minimum Gasteiger partial charge on any atom is -0.462 e. The Morgan fingerprint density at radius 3 is 2.45 bits per heavy atom. The summed E-state index contributed by atoms with van der Waals surface area (Å²) in [5.74, 6) is -0.786. The van der Waals surface area contributed by atoms with Crippen LogP contribution in [0.2, 0.25) is 5.02 Å². The second-order valence-corrected chi connectivity index (χ2v) is 12.6. The number of carbonyl (C=O) groups excluding carboxylic acids is 1. The SMILES string of the molecule is CCOC(=O)c1cnn(C2CCCN(c3cc(Cl)ccc3-c3ccc(N4CCN(CC5(F)CCC5)CC4)cc3)C2)c1C(F)F. The lowest BCUT2D eigenvalue weighted by Gasteiger charge is -2.42. The van der Waals surface area contributed by atoms with Crippen LogP contribution in [0.15, 0.2) is 48.7 Å². The zero-order valence-electron chi connectivity index (χ0n) is 25.0. The van der Waals surface area contributed by atoms with Crippen LogP contribution in [-0.4, -0.2) is 78.7 Å². The van der Waals surface area contributed by atoms with Gasteiger partial charge in [0.1, 0.15) is 16.9 Å². The summed E-state index contributed by atoms with van der Waals surface area (Å²) in [4.78, 5) is 19.1. The summed E-state index contributed by atoms with van der Waals surface area (Å²) in [5.41, 5.74) is 2.53. The van der Waals surface area contributed by atoms with E-state index < -0.39 is 23.8 Å². The molecule has 1 saturated carbocycles. The van der Waals surface area contributed by atoms with E-state index >= 15 is 0 Å². The molecular formula is C33H39ClF3N5O2. The third kappa shape index (κ3) is 6.42. The molecular weight excluding hydrogens is 591 g/mol. The second-order valence-electron chi connectivity index (χ2n) is 12.1. The number of nitrogens with zero attached hydrogens (tertiary/aromatic N) is 5. The van der Waals surface area contributed by atoms with Crippen molar-refractivity contribution in [2.45, 2.75) is 57.2 Å². The first-order valence-corrected chi connectivity index (χ1v) is 16.0. The molecule has 2 saturated heterocycles. The van der Waals surface area contributed by atoms with Gasteiger partial charge in [-0.15, -0.1) is 0 Å². The average molecular weight is 630 g/mol. The Kier molecular flexibility index (Phi) is 9.10. The number of anilines is 2. The van der Waals surface area contributed by atoms with Gasteiger partial charge in [0.2, 0.25) is 0 Å². The van der Waals surface area contributed by atoms with Gasteiger partial charge in [-0.2, -0.15) is 5.10 Å². The molecule has 3 heterocycles. The number of piperidine rings is 1. The van der Waals surface area contributed by atoms with Crippen LogP contribution in [0.4, 0.5) is 24.5 Å². The quantitative estimate of drug-likeness (QED) is 0.234. The maximum Gasteiger partial charge on any atom is 0.341 e. The van der Waals surface area contributed by atoms with Crippen molar-refractivity contribution in [3.05, 3.63) is 64.9 Å². The van der Waals surface area contributed by atoms with Crippen LogP contribution in [0.3, 0.4) is 0 Å². The largest absolute Gasteiger partial charge is 0.462 e. The number of hydrogen-bond acceptors (Lipinski definition) is 6. The highest BCUT2D eigenvalue weighted by Gasteiger charge is 2.39. The molecule has 2 aliphatic heterocycles. The zero-order chi connectivity index (χ0) is 30.8. The van der Waals surface area contributed by atoms with E-state index in [1.54, 1.807) is 6.92 Å². The summed E-state index contributed by atoms with van der Waals surface area (Å²) >= 11 is 6.47. The van der Waals surface area contributed by atoms with Crippen LogP contribution in [0.1, 0.15) is 67.5 Å². The number of ether oxygens (including phenoxy) is 1. The number of rotatable bonds is 9. The number of esters is 1. The maximum absolute atomic E-state index is 14.6. The Balaban J connectivity index is 1.18. The molecule has 3 aromatic rings. The molecule has 0 amide bonds. The predicted octanol–water partition coefficient (Wildman–Crippen LogP) is 7.17. The fourth-order valence-corrected chi connectivity index (χ4v) is 6.93. The molecule has 7 nitrogen and oxygen atoms in total. The Bertz CT molecular complexity index is 1450. The van der Waals surface area contributed by atoms with Gasteiger partial charge in [0.15, 0.2) is 0 Å². The first-order valence-electron chi connectivity index (χ1n) is 15.6. The summed E-state index contributed by atoms with van der Waals surface area (Å²) in [6.07, 6.45) is 2.13. The highest BCUT2D eigenvalue weighted by Crippen LogP contribution is 2.39. The van der Waals surface area contributed by atoms with E-state index in [0.717, 1.165) is 68.1 Å². The van der Waals surface area contributed by atoms with Crippen LogP contribution in [-0.2, 0) is 4.74 Å². The van der Waals surface area contributed by atoms with Gasteiger partial charge in [0, 0.05) is 67.8 Å². The van der Waals surface area contributed by atoms with E-state index in [1.165, 1.54) is 10.9 Å². The van der Waals surface area contributed by atoms with Crippen LogP contribution >= 0.6 is 11.6 Å². The molecule has 0 spiro atoms. The smallest absolute Gasteiger partial charge is 0.341 e. The normalized spacial score (nSPS) is 20.5. The number of benzene rings is 2. The summed E-state index contributed by atoms with van der Waals surface area (Å²) in [5, 5.41) is 4.82. The van der Waals surface area contributed by atoms with Crippen LogP contribution in [0.5, 0.6) is 0 Å². The molecule has 2 aromatic carbocycles. The van der Waals surface area contributed by atoms with E-state index in [1.807, 2.05) is 18.2 Å². The molecule has 236 valence electrons.